The van der Waals surface area contributed by atoms with Gasteiger partial charge < -0.3 is 10.2 Å². The van der Waals surface area contributed by atoms with E-state index in [2.05, 4.69) is 0 Å². The molecular weight excluding hydrogens is 180 g/mol. The quantitative estimate of drug-likeness (QED) is 0.712. The highest BCUT2D eigenvalue weighted by Gasteiger charge is 1.98. The first-order valence-corrected chi connectivity index (χ1v) is 4.33. The van der Waals surface area contributed by atoms with Crippen molar-refractivity contribution in [2.75, 3.05) is 6.61 Å². The Balaban J connectivity index is 2.90. The van der Waals surface area contributed by atoms with Crippen LogP contribution in [0.2, 0.25) is 0 Å². The number of hydrogen-bond acceptors (Lipinski definition) is 3. The van der Waals surface area contributed by atoms with Crippen LogP contribution in [-0.4, -0.2) is 23.1 Å². The van der Waals surface area contributed by atoms with Crippen molar-refractivity contribution in [2.45, 2.75) is 6.42 Å². The van der Waals surface area contributed by atoms with Crippen molar-refractivity contribution in [3.05, 3.63) is 35.4 Å². The predicted molar refractivity (Wildman–Crippen MR) is 54.2 cm³/mol. The molecule has 0 fully saturated rings. The Bertz CT molecular complexity index is 342. The zero-order valence-corrected chi connectivity index (χ0v) is 7.68. The van der Waals surface area contributed by atoms with Gasteiger partial charge in [0.05, 0.1) is 0 Å². The number of aromatic hydroxyl groups is 1. The topological polar surface area (TPSA) is 57.5 Å². The molecule has 74 valence electrons. The van der Waals surface area contributed by atoms with E-state index in [-0.39, 0.29) is 12.4 Å². The summed E-state index contributed by atoms with van der Waals surface area (Å²) < 4.78 is 0. The van der Waals surface area contributed by atoms with Crippen LogP contribution in [0, 0.1) is 0 Å². The van der Waals surface area contributed by atoms with Gasteiger partial charge in [-0.2, -0.15) is 0 Å². The smallest absolute Gasteiger partial charge is 0.150 e. The van der Waals surface area contributed by atoms with E-state index in [1.165, 1.54) is 12.1 Å². The van der Waals surface area contributed by atoms with Gasteiger partial charge in [-0.15, -0.1) is 0 Å². The number of carbonyl (C=O) groups is 1. The largest absolute Gasteiger partial charge is 0.508 e. The highest BCUT2D eigenvalue weighted by Crippen LogP contribution is 2.16. The Kier molecular flexibility index (Phi) is 3.88. The monoisotopic (exact) mass is 192 g/mol. The number of rotatable bonds is 4. The molecule has 0 aliphatic carbocycles. The zero-order chi connectivity index (χ0) is 10.4. The van der Waals surface area contributed by atoms with Crippen LogP contribution in [-0.2, 0) is 0 Å². The summed E-state index contributed by atoms with van der Waals surface area (Å²) in [4.78, 5) is 10.6. The molecule has 0 amide bonds. The highest BCUT2D eigenvalue weighted by atomic mass is 16.3. The van der Waals surface area contributed by atoms with E-state index in [0.717, 1.165) is 5.56 Å². The van der Waals surface area contributed by atoms with Gasteiger partial charge in [0.1, 0.15) is 5.75 Å². The Morgan fingerprint density at radius 3 is 2.71 bits per heavy atom. The van der Waals surface area contributed by atoms with Gasteiger partial charge in [0.25, 0.3) is 0 Å². The van der Waals surface area contributed by atoms with E-state index in [4.69, 9.17) is 10.2 Å². The third kappa shape index (κ3) is 2.71. The van der Waals surface area contributed by atoms with E-state index in [1.807, 2.05) is 0 Å². The molecule has 0 radical (unpaired) electrons. The summed E-state index contributed by atoms with van der Waals surface area (Å²) in [5, 5.41) is 17.7. The summed E-state index contributed by atoms with van der Waals surface area (Å²) in [6, 6.07) is 4.59. The van der Waals surface area contributed by atoms with E-state index in [9.17, 15) is 4.79 Å². The van der Waals surface area contributed by atoms with Crippen molar-refractivity contribution in [1.29, 1.82) is 0 Å². The second-order valence-electron chi connectivity index (χ2n) is 2.85. The Morgan fingerprint density at radius 2 is 2.07 bits per heavy atom. The van der Waals surface area contributed by atoms with E-state index in [1.54, 1.807) is 18.2 Å². The van der Waals surface area contributed by atoms with E-state index < -0.39 is 0 Å². The maximum absolute atomic E-state index is 10.6. The molecule has 14 heavy (non-hydrogen) atoms. The minimum Gasteiger partial charge on any atom is -0.508 e. The van der Waals surface area contributed by atoms with Crippen LogP contribution >= 0.6 is 0 Å². The summed E-state index contributed by atoms with van der Waals surface area (Å²) in [6.45, 7) is 0.0883. The molecule has 0 heterocycles. The third-order valence-corrected chi connectivity index (χ3v) is 1.79. The van der Waals surface area contributed by atoms with Crippen LogP contribution in [0.15, 0.2) is 24.3 Å². The maximum Gasteiger partial charge on any atom is 0.150 e. The summed E-state index contributed by atoms with van der Waals surface area (Å²) >= 11 is 0. The van der Waals surface area contributed by atoms with Crippen molar-refractivity contribution >= 4 is 12.4 Å². The molecule has 0 saturated heterocycles. The zero-order valence-electron chi connectivity index (χ0n) is 7.68. The average molecular weight is 192 g/mol. The van der Waals surface area contributed by atoms with Crippen molar-refractivity contribution < 1.29 is 15.0 Å². The lowest BCUT2D eigenvalue weighted by Crippen LogP contribution is -1.85. The molecule has 0 aromatic heterocycles. The Hall–Kier alpha value is -1.61. The molecule has 0 aliphatic rings. The van der Waals surface area contributed by atoms with Gasteiger partial charge in [-0.1, -0.05) is 18.2 Å². The molecule has 3 nitrogen and oxygen atoms in total. The molecule has 1 aromatic carbocycles. The number of phenolic OH excluding ortho intramolecular Hbond substituents is 1. The van der Waals surface area contributed by atoms with E-state index >= 15 is 0 Å². The van der Waals surface area contributed by atoms with Crippen LogP contribution in [0.1, 0.15) is 22.3 Å². The molecule has 1 rings (SSSR count). The fourth-order valence-corrected chi connectivity index (χ4v) is 1.10. The number of aliphatic hydroxyl groups excluding tert-OH is 1. The second kappa shape index (κ2) is 5.19. The van der Waals surface area contributed by atoms with Crippen LogP contribution in [0.4, 0.5) is 0 Å². The van der Waals surface area contributed by atoms with Crippen LogP contribution in [0.3, 0.4) is 0 Å². The lowest BCUT2D eigenvalue weighted by Gasteiger charge is -1.99. The average Bonchev–Trinajstić information content (AvgIpc) is 2.20. The number of hydrogen-bond donors (Lipinski definition) is 2. The van der Waals surface area contributed by atoms with Crippen LogP contribution < -0.4 is 0 Å². The SMILES string of the molecule is O=Cc1cc(O)ccc1C=CCCO. The number of phenols is 1. The first kappa shape index (κ1) is 10.5. The molecule has 2 N–H and O–H groups in total. The lowest BCUT2D eigenvalue weighted by molar-refractivity contribution is 0.112. The molecule has 0 bridgehead atoms. The molecule has 0 unspecified atom stereocenters. The third-order valence-electron chi connectivity index (χ3n) is 1.79. The van der Waals surface area contributed by atoms with Gasteiger partial charge >= 0.3 is 0 Å². The van der Waals surface area contributed by atoms with Crippen molar-refractivity contribution in [3.8, 4) is 5.75 Å². The fraction of sp³-hybridized carbons (Fsp3) is 0.182. The minimum absolute atomic E-state index is 0.0754. The van der Waals surface area contributed by atoms with Crippen molar-refractivity contribution in [3.63, 3.8) is 0 Å². The molecule has 0 aliphatic heterocycles. The second-order valence-corrected chi connectivity index (χ2v) is 2.85. The van der Waals surface area contributed by atoms with Gasteiger partial charge in [-0.3, -0.25) is 4.79 Å². The van der Waals surface area contributed by atoms with Crippen LogP contribution in [0.25, 0.3) is 6.08 Å². The molecule has 0 saturated carbocycles. The first-order valence-electron chi connectivity index (χ1n) is 4.33. The summed E-state index contributed by atoms with van der Waals surface area (Å²) in [6.07, 6.45) is 4.77. The summed E-state index contributed by atoms with van der Waals surface area (Å²) in [5.41, 5.74) is 1.19. The van der Waals surface area contributed by atoms with Gasteiger partial charge in [0.15, 0.2) is 6.29 Å². The van der Waals surface area contributed by atoms with Gasteiger partial charge in [0, 0.05) is 12.2 Å². The number of aldehydes is 1. The molecule has 0 atom stereocenters. The van der Waals surface area contributed by atoms with Gasteiger partial charge in [0.2, 0.25) is 0 Å². The highest BCUT2D eigenvalue weighted by molar-refractivity contribution is 5.82. The molecule has 3 heteroatoms. The summed E-state index contributed by atoms with van der Waals surface area (Å²) in [7, 11) is 0. The fourth-order valence-electron chi connectivity index (χ4n) is 1.10. The summed E-state index contributed by atoms with van der Waals surface area (Å²) in [5.74, 6) is 0.0754. The molecular formula is C11H12O3. The van der Waals surface area contributed by atoms with Gasteiger partial charge in [-0.05, 0) is 24.1 Å². The predicted octanol–water partition coefficient (Wildman–Crippen LogP) is 1.60. The first-order chi connectivity index (χ1) is 6.77. The Labute approximate surface area is 82.3 Å². The Morgan fingerprint density at radius 1 is 1.29 bits per heavy atom. The lowest BCUT2D eigenvalue weighted by atomic mass is 10.1. The number of carbonyl (C=O) groups excluding carboxylic acids is 1. The normalized spacial score (nSPS) is 10.6. The molecule has 0 spiro atoms. The number of aliphatic hydroxyl groups is 1. The van der Waals surface area contributed by atoms with Crippen LogP contribution in [0.5, 0.6) is 5.75 Å². The maximum atomic E-state index is 10.6. The van der Waals surface area contributed by atoms with E-state index in [0.29, 0.717) is 18.3 Å². The van der Waals surface area contributed by atoms with Crippen molar-refractivity contribution in [2.24, 2.45) is 0 Å². The molecule has 1 aromatic rings. The standard InChI is InChI=1S/C11H12O3/c12-6-2-1-3-9-4-5-11(14)7-10(9)8-13/h1,3-5,7-8,12,14H,2,6H2. The van der Waals surface area contributed by atoms with Gasteiger partial charge in [-0.25, -0.2) is 0 Å². The minimum atomic E-state index is 0.0754. The number of benzene rings is 1. The van der Waals surface area contributed by atoms with Crippen molar-refractivity contribution in [1.82, 2.24) is 0 Å².